The molecule has 1 amide bonds. The van der Waals surface area contributed by atoms with Gasteiger partial charge in [-0.05, 0) is 56.3 Å². The van der Waals surface area contributed by atoms with Gasteiger partial charge in [-0.1, -0.05) is 47.7 Å². The molecule has 0 aliphatic rings. The molecule has 8 heteroatoms. The van der Waals surface area contributed by atoms with Crippen LogP contribution in [0.15, 0.2) is 78.0 Å². The van der Waals surface area contributed by atoms with Gasteiger partial charge in [0, 0.05) is 23.4 Å². The van der Waals surface area contributed by atoms with Crippen molar-refractivity contribution in [2.45, 2.75) is 25.4 Å². The van der Waals surface area contributed by atoms with Gasteiger partial charge in [-0.15, -0.1) is 10.2 Å². The van der Waals surface area contributed by atoms with Crippen molar-refractivity contribution in [3.05, 3.63) is 83.9 Å². The molecule has 0 unspecified atom stereocenters. The maximum absolute atomic E-state index is 12.5. The maximum atomic E-state index is 12.5. The molecule has 1 aromatic heterocycles. The number of nitrogens with zero attached hydrogens (tertiary/aromatic N) is 4. The van der Waals surface area contributed by atoms with Crippen molar-refractivity contribution in [3.63, 3.8) is 0 Å². The van der Waals surface area contributed by atoms with Crippen molar-refractivity contribution in [1.29, 1.82) is 5.26 Å². The van der Waals surface area contributed by atoms with Gasteiger partial charge in [-0.2, -0.15) is 5.26 Å². The minimum Gasteiger partial charge on any atom is -0.494 e. The largest absolute Gasteiger partial charge is 0.494 e. The highest BCUT2D eigenvalue weighted by atomic mass is 32.2. The Labute approximate surface area is 208 Å². The highest BCUT2D eigenvalue weighted by Gasteiger charge is 2.17. The molecule has 1 N–H and O–H groups in total. The average Bonchev–Trinajstić information content (AvgIpc) is 3.29. The normalized spacial score (nSPS) is 10.5. The van der Waals surface area contributed by atoms with Gasteiger partial charge in [0.25, 0.3) is 0 Å². The van der Waals surface area contributed by atoms with E-state index in [1.54, 1.807) is 24.3 Å². The number of benzene rings is 3. The number of nitrogens with one attached hydrogen (secondary N) is 1. The Bertz CT molecular complexity index is 1360. The van der Waals surface area contributed by atoms with Crippen LogP contribution in [0.3, 0.4) is 0 Å². The molecule has 0 saturated heterocycles. The van der Waals surface area contributed by atoms with Gasteiger partial charge < -0.3 is 10.1 Å². The first-order chi connectivity index (χ1) is 17.1. The Kier molecular flexibility index (Phi) is 7.81. The topological polar surface area (TPSA) is 92.8 Å². The summed E-state index contributed by atoms with van der Waals surface area (Å²) in [6.07, 6.45) is 0.264. The number of ether oxygens (including phenoxy) is 1. The molecule has 0 bridgehead atoms. The average molecular weight is 484 g/mol. The van der Waals surface area contributed by atoms with Crippen LogP contribution in [0.2, 0.25) is 0 Å². The van der Waals surface area contributed by atoms with Crippen LogP contribution >= 0.6 is 11.8 Å². The summed E-state index contributed by atoms with van der Waals surface area (Å²) < 4.78 is 7.58. The minimum atomic E-state index is -0.161. The lowest BCUT2D eigenvalue weighted by molar-refractivity contribution is -0.115. The van der Waals surface area contributed by atoms with E-state index in [0.29, 0.717) is 28.8 Å². The number of anilines is 1. The molecular formula is C27H25N5O2S. The number of carbonyl (C=O) groups is 1. The van der Waals surface area contributed by atoms with Gasteiger partial charge >= 0.3 is 0 Å². The highest BCUT2D eigenvalue weighted by Crippen LogP contribution is 2.29. The van der Waals surface area contributed by atoms with Gasteiger partial charge in [-0.3, -0.25) is 9.36 Å². The number of hydrogen-bond acceptors (Lipinski definition) is 6. The molecule has 1 heterocycles. The van der Waals surface area contributed by atoms with Crippen LogP contribution in [0.5, 0.6) is 5.75 Å². The summed E-state index contributed by atoms with van der Waals surface area (Å²) in [6.45, 7) is 4.59. The molecule has 3 aromatic carbocycles. The van der Waals surface area contributed by atoms with E-state index in [-0.39, 0.29) is 12.3 Å². The number of carbonyl (C=O) groups excluding carboxylic acids is 1. The monoisotopic (exact) mass is 483 g/mol. The molecule has 176 valence electrons. The van der Waals surface area contributed by atoms with Gasteiger partial charge in [0.1, 0.15) is 11.8 Å². The first-order valence-electron chi connectivity index (χ1n) is 11.3. The zero-order valence-electron chi connectivity index (χ0n) is 19.6. The van der Waals surface area contributed by atoms with E-state index >= 15 is 0 Å². The first-order valence-corrected chi connectivity index (χ1v) is 12.2. The third-order valence-electron chi connectivity index (χ3n) is 5.20. The smallest absolute Gasteiger partial charge is 0.225 e. The number of nitriles is 1. The summed E-state index contributed by atoms with van der Waals surface area (Å²) in [4.78, 5) is 12.5. The van der Waals surface area contributed by atoms with Gasteiger partial charge in [-0.25, -0.2) is 0 Å². The SMILES string of the molecule is CCOc1ccc(-n2c(SCCC(=O)Nc3ccccc3C#N)nnc2-c2cccc(C)c2)cc1. The Morgan fingerprint density at radius 3 is 2.63 bits per heavy atom. The van der Waals surface area contributed by atoms with Crippen molar-refractivity contribution in [1.82, 2.24) is 14.8 Å². The zero-order valence-corrected chi connectivity index (χ0v) is 20.4. The summed E-state index contributed by atoms with van der Waals surface area (Å²) in [5.41, 5.74) is 3.96. The Hall–Kier alpha value is -4.09. The molecule has 0 fully saturated rings. The Balaban J connectivity index is 1.54. The number of para-hydroxylation sites is 1. The van der Waals surface area contributed by atoms with Crippen molar-refractivity contribution in [2.75, 3.05) is 17.7 Å². The fourth-order valence-corrected chi connectivity index (χ4v) is 4.45. The summed E-state index contributed by atoms with van der Waals surface area (Å²) in [5, 5.41) is 21.6. The summed E-state index contributed by atoms with van der Waals surface area (Å²) in [7, 11) is 0. The van der Waals surface area contributed by atoms with E-state index in [4.69, 9.17) is 4.74 Å². The lowest BCUT2D eigenvalue weighted by atomic mass is 10.1. The van der Waals surface area contributed by atoms with Crippen LogP contribution in [0.4, 0.5) is 5.69 Å². The number of aromatic nitrogens is 3. The zero-order chi connectivity index (χ0) is 24.6. The second-order valence-corrected chi connectivity index (χ2v) is 8.80. The van der Waals surface area contributed by atoms with Crippen molar-refractivity contribution in [3.8, 4) is 28.9 Å². The summed E-state index contributed by atoms with van der Waals surface area (Å²) >= 11 is 1.46. The van der Waals surface area contributed by atoms with Crippen LogP contribution in [0.1, 0.15) is 24.5 Å². The highest BCUT2D eigenvalue weighted by molar-refractivity contribution is 7.99. The maximum Gasteiger partial charge on any atom is 0.225 e. The summed E-state index contributed by atoms with van der Waals surface area (Å²) in [6, 6.07) is 25.0. The number of thioether (sulfide) groups is 1. The van der Waals surface area contributed by atoms with E-state index in [0.717, 1.165) is 28.4 Å². The minimum absolute atomic E-state index is 0.161. The van der Waals surface area contributed by atoms with E-state index < -0.39 is 0 Å². The van der Waals surface area contributed by atoms with Crippen LogP contribution in [0, 0.1) is 18.3 Å². The lowest BCUT2D eigenvalue weighted by Gasteiger charge is -2.12. The molecule has 0 aliphatic heterocycles. The van der Waals surface area contributed by atoms with Crippen molar-refractivity contribution < 1.29 is 9.53 Å². The van der Waals surface area contributed by atoms with E-state index in [9.17, 15) is 10.1 Å². The van der Waals surface area contributed by atoms with E-state index in [1.165, 1.54) is 11.8 Å². The van der Waals surface area contributed by atoms with Gasteiger partial charge in [0.05, 0.1) is 17.9 Å². The van der Waals surface area contributed by atoms with Crippen LogP contribution in [-0.4, -0.2) is 33.0 Å². The second-order valence-electron chi connectivity index (χ2n) is 7.74. The third-order valence-corrected chi connectivity index (χ3v) is 6.13. The standard InChI is InChI=1S/C27H25N5O2S/c1-3-34-23-13-11-22(12-14-23)32-26(20-9-6-7-19(2)17-20)30-31-27(32)35-16-15-25(33)29-24-10-5-4-8-21(24)18-28/h4-14,17H,3,15-16H2,1-2H3,(H,29,33). The molecule has 35 heavy (non-hydrogen) atoms. The van der Waals surface area contributed by atoms with E-state index in [2.05, 4.69) is 27.6 Å². The number of rotatable bonds is 9. The van der Waals surface area contributed by atoms with Gasteiger partial charge in [0.2, 0.25) is 5.91 Å². The number of hydrogen-bond donors (Lipinski definition) is 1. The van der Waals surface area contributed by atoms with Crippen molar-refractivity contribution in [2.24, 2.45) is 0 Å². The molecule has 0 atom stereocenters. The lowest BCUT2D eigenvalue weighted by Crippen LogP contribution is -2.13. The second kappa shape index (κ2) is 11.4. The number of aryl methyl sites for hydroxylation is 1. The molecule has 0 radical (unpaired) electrons. The van der Waals surface area contributed by atoms with Crippen LogP contribution < -0.4 is 10.1 Å². The molecule has 0 saturated carbocycles. The van der Waals surface area contributed by atoms with Gasteiger partial charge in [0.15, 0.2) is 11.0 Å². The molecule has 4 rings (SSSR count). The molecule has 0 aliphatic carbocycles. The summed E-state index contributed by atoms with van der Waals surface area (Å²) in [5.74, 6) is 1.87. The van der Waals surface area contributed by atoms with Crippen molar-refractivity contribution >= 4 is 23.4 Å². The fourth-order valence-electron chi connectivity index (χ4n) is 3.56. The first kappa shape index (κ1) is 24.0. The third kappa shape index (κ3) is 5.89. The predicted octanol–water partition coefficient (Wildman–Crippen LogP) is 5.63. The Morgan fingerprint density at radius 2 is 1.89 bits per heavy atom. The molecular weight excluding hydrogens is 458 g/mol. The Morgan fingerprint density at radius 1 is 1.09 bits per heavy atom. The fraction of sp³-hybridized carbons (Fsp3) is 0.185. The number of amides is 1. The van der Waals surface area contributed by atoms with E-state index in [1.807, 2.05) is 60.9 Å². The van der Waals surface area contributed by atoms with Crippen LogP contribution in [0.25, 0.3) is 17.1 Å². The molecule has 0 spiro atoms. The molecule has 4 aromatic rings. The quantitative estimate of drug-likeness (QED) is 0.310. The van der Waals surface area contributed by atoms with Crippen LogP contribution in [-0.2, 0) is 4.79 Å². The molecule has 7 nitrogen and oxygen atoms in total. The predicted molar refractivity (Wildman–Crippen MR) is 138 cm³/mol.